The Balaban J connectivity index is 1.74. The van der Waals surface area contributed by atoms with Crippen LogP contribution in [0, 0.1) is 0 Å². The molecule has 0 bridgehead atoms. The Hall–Kier alpha value is -3.89. The second-order valence-corrected chi connectivity index (χ2v) is 10.4. The van der Waals surface area contributed by atoms with Crippen molar-refractivity contribution in [1.82, 2.24) is 9.62 Å². The van der Waals surface area contributed by atoms with Gasteiger partial charge in [0.15, 0.2) is 11.5 Å². The Morgan fingerprint density at radius 3 is 2.22 bits per heavy atom. The molecule has 2 amide bonds. The first-order valence-corrected chi connectivity index (χ1v) is 13.4. The van der Waals surface area contributed by atoms with Gasteiger partial charge in [0, 0.05) is 13.6 Å². The van der Waals surface area contributed by atoms with Gasteiger partial charge in [0.25, 0.3) is 5.91 Å². The number of nitrogens with one attached hydrogen (secondary N) is 2. The predicted octanol–water partition coefficient (Wildman–Crippen LogP) is 3.25. The molecule has 0 aliphatic heterocycles. The van der Waals surface area contributed by atoms with Crippen LogP contribution in [0.15, 0.2) is 72.8 Å². The minimum absolute atomic E-state index is 0.261. The molecular weight excluding hydrogens is 494 g/mol. The van der Waals surface area contributed by atoms with Crippen LogP contribution >= 0.6 is 0 Å². The van der Waals surface area contributed by atoms with E-state index in [0.29, 0.717) is 30.0 Å². The Morgan fingerprint density at radius 1 is 0.919 bits per heavy atom. The normalized spacial score (nSPS) is 12.0. The van der Waals surface area contributed by atoms with Crippen molar-refractivity contribution in [1.29, 1.82) is 0 Å². The third-order valence-electron chi connectivity index (χ3n) is 5.83. The molecule has 0 saturated heterocycles. The summed E-state index contributed by atoms with van der Waals surface area (Å²) in [7, 11) is 0.786. The molecule has 3 aromatic rings. The highest BCUT2D eigenvalue weighted by Crippen LogP contribution is 2.28. The largest absolute Gasteiger partial charge is 0.493 e. The van der Waals surface area contributed by atoms with E-state index in [1.54, 1.807) is 74.9 Å². The second kappa shape index (κ2) is 12.4. The number of likely N-dealkylation sites (N-methyl/N-ethyl adjacent to an activating group) is 1. The van der Waals surface area contributed by atoms with Gasteiger partial charge in [0.1, 0.15) is 6.04 Å². The topological polar surface area (TPSA) is 114 Å². The molecule has 3 aromatic carbocycles. The predicted molar refractivity (Wildman–Crippen MR) is 142 cm³/mol. The molecular formula is C27H31N3O6S. The van der Waals surface area contributed by atoms with E-state index in [-0.39, 0.29) is 17.2 Å². The summed E-state index contributed by atoms with van der Waals surface area (Å²) in [4.78, 5) is 26.3. The van der Waals surface area contributed by atoms with Crippen LogP contribution in [0.1, 0.15) is 27.5 Å². The number of nitrogens with zero attached hydrogens (tertiary/aromatic N) is 1. The molecule has 1 atom stereocenters. The summed E-state index contributed by atoms with van der Waals surface area (Å²) in [6.07, 6.45) is 1.59. The summed E-state index contributed by atoms with van der Waals surface area (Å²) in [5, 5.41) is 5.61. The van der Waals surface area contributed by atoms with Crippen molar-refractivity contribution in [2.45, 2.75) is 12.5 Å². The number of para-hydroxylation sites is 1. The van der Waals surface area contributed by atoms with Crippen LogP contribution in [0.2, 0.25) is 0 Å². The van der Waals surface area contributed by atoms with E-state index in [9.17, 15) is 18.0 Å². The van der Waals surface area contributed by atoms with Crippen molar-refractivity contribution < 1.29 is 27.5 Å². The lowest BCUT2D eigenvalue weighted by Crippen LogP contribution is -2.38. The van der Waals surface area contributed by atoms with E-state index in [1.165, 1.54) is 7.05 Å². The van der Waals surface area contributed by atoms with Crippen molar-refractivity contribution in [3.63, 3.8) is 0 Å². The number of sulfonamides is 1. The Bertz CT molecular complexity index is 1350. The van der Waals surface area contributed by atoms with Crippen LogP contribution in [-0.4, -0.2) is 58.6 Å². The molecule has 3 rings (SSSR count). The van der Waals surface area contributed by atoms with Crippen molar-refractivity contribution in [3.05, 3.63) is 89.5 Å². The number of benzene rings is 3. The molecule has 0 radical (unpaired) electrons. The first-order chi connectivity index (χ1) is 17.7. The lowest BCUT2D eigenvalue weighted by molar-refractivity contribution is -0.119. The number of hydrogen-bond donors (Lipinski definition) is 2. The Labute approximate surface area is 217 Å². The van der Waals surface area contributed by atoms with Gasteiger partial charge in [-0.25, -0.2) is 8.42 Å². The lowest BCUT2D eigenvalue weighted by atomic mass is 10.1. The van der Waals surface area contributed by atoms with Crippen LogP contribution in [-0.2, 0) is 21.2 Å². The summed E-state index contributed by atoms with van der Waals surface area (Å²) in [5.74, 6) is 0.274. The highest BCUT2D eigenvalue weighted by atomic mass is 32.2. The maximum Gasteiger partial charge on any atom is 0.253 e. The van der Waals surface area contributed by atoms with Crippen LogP contribution in [0.4, 0.5) is 5.69 Å². The molecule has 0 saturated carbocycles. The standard InChI is InChI=1S/C27H31N3O6S/c1-30(37(4,33)34)25(20-10-6-5-7-11-20)27(32)29-22-13-9-8-12-21(22)26(31)28-17-16-19-14-15-23(35-2)24(18-19)36-3/h5-15,18,25H,16-17H2,1-4H3,(H,28,31)(H,29,32)/t25-/m1/s1. The van der Waals surface area contributed by atoms with Crippen LogP contribution in [0.5, 0.6) is 11.5 Å². The van der Waals surface area contributed by atoms with Gasteiger partial charge in [-0.3, -0.25) is 9.59 Å². The van der Waals surface area contributed by atoms with E-state index < -0.39 is 22.0 Å². The maximum atomic E-state index is 13.3. The molecule has 0 spiro atoms. The van der Waals surface area contributed by atoms with E-state index in [0.717, 1.165) is 16.1 Å². The van der Waals surface area contributed by atoms with E-state index in [2.05, 4.69) is 10.6 Å². The summed E-state index contributed by atoms with van der Waals surface area (Å²) in [6.45, 7) is 0.347. The molecule has 0 aliphatic rings. The average molecular weight is 526 g/mol. The fourth-order valence-electron chi connectivity index (χ4n) is 3.80. The Kier molecular flexibility index (Phi) is 9.26. The molecule has 0 aliphatic carbocycles. The number of amides is 2. The fraction of sp³-hybridized carbons (Fsp3) is 0.259. The third-order valence-corrected chi connectivity index (χ3v) is 7.08. The fourth-order valence-corrected chi connectivity index (χ4v) is 4.40. The third kappa shape index (κ3) is 7.08. The monoisotopic (exact) mass is 525 g/mol. The van der Waals surface area contributed by atoms with Gasteiger partial charge in [-0.05, 0) is 41.8 Å². The summed E-state index contributed by atoms with van der Waals surface area (Å²) in [5.41, 5.74) is 2.00. The maximum absolute atomic E-state index is 13.3. The van der Waals surface area contributed by atoms with E-state index >= 15 is 0 Å². The number of carbonyl (C=O) groups excluding carboxylic acids is 2. The molecule has 0 heterocycles. The molecule has 0 aromatic heterocycles. The van der Waals surface area contributed by atoms with Crippen molar-refractivity contribution in [2.75, 3.05) is 39.4 Å². The van der Waals surface area contributed by atoms with Crippen LogP contribution in [0.3, 0.4) is 0 Å². The molecule has 2 N–H and O–H groups in total. The van der Waals surface area contributed by atoms with Crippen molar-refractivity contribution in [3.8, 4) is 11.5 Å². The summed E-state index contributed by atoms with van der Waals surface area (Å²) < 4.78 is 36.1. The molecule has 37 heavy (non-hydrogen) atoms. The molecule has 10 heteroatoms. The number of ether oxygens (including phenoxy) is 2. The minimum Gasteiger partial charge on any atom is -0.493 e. The van der Waals surface area contributed by atoms with E-state index in [1.807, 2.05) is 12.1 Å². The molecule has 0 fully saturated rings. The number of anilines is 1. The number of hydrogen-bond acceptors (Lipinski definition) is 6. The highest BCUT2D eigenvalue weighted by molar-refractivity contribution is 7.88. The minimum atomic E-state index is -3.69. The van der Waals surface area contributed by atoms with Crippen molar-refractivity contribution >= 4 is 27.5 Å². The number of rotatable bonds is 11. The second-order valence-electron chi connectivity index (χ2n) is 8.32. The van der Waals surface area contributed by atoms with Crippen molar-refractivity contribution in [2.24, 2.45) is 0 Å². The summed E-state index contributed by atoms with van der Waals surface area (Å²) >= 11 is 0. The molecule has 196 valence electrons. The zero-order valence-corrected chi connectivity index (χ0v) is 22.0. The first-order valence-electron chi connectivity index (χ1n) is 11.5. The SMILES string of the molecule is COc1ccc(CCNC(=O)c2ccccc2NC(=O)[C@@H](c2ccccc2)N(C)S(C)(=O)=O)cc1OC. The molecule has 9 nitrogen and oxygen atoms in total. The van der Waals surface area contributed by atoms with Gasteiger partial charge in [-0.1, -0.05) is 48.5 Å². The van der Waals surface area contributed by atoms with Crippen LogP contribution in [0.25, 0.3) is 0 Å². The van der Waals surface area contributed by atoms with Gasteiger partial charge in [0.05, 0.1) is 31.7 Å². The number of carbonyl (C=O) groups is 2. The Morgan fingerprint density at radius 2 is 1.57 bits per heavy atom. The molecule has 0 unspecified atom stereocenters. The van der Waals surface area contributed by atoms with Crippen LogP contribution < -0.4 is 20.1 Å². The van der Waals surface area contributed by atoms with Gasteiger partial charge < -0.3 is 20.1 Å². The van der Waals surface area contributed by atoms with Gasteiger partial charge >= 0.3 is 0 Å². The zero-order valence-electron chi connectivity index (χ0n) is 21.2. The number of methoxy groups -OCH3 is 2. The quantitative estimate of drug-likeness (QED) is 0.397. The van der Waals surface area contributed by atoms with Gasteiger partial charge in [-0.15, -0.1) is 0 Å². The first kappa shape index (κ1) is 27.7. The van der Waals surface area contributed by atoms with E-state index in [4.69, 9.17) is 9.47 Å². The zero-order chi connectivity index (χ0) is 27.0. The summed E-state index contributed by atoms with van der Waals surface area (Å²) in [6, 6.07) is 19.6. The lowest BCUT2D eigenvalue weighted by Gasteiger charge is -2.26. The average Bonchev–Trinajstić information content (AvgIpc) is 2.89. The smallest absolute Gasteiger partial charge is 0.253 e. The van der Waals surface area contributed by atoms with Gasteiger partial charge in [0.2, 0.25) is 15.9 Å². The van der Waals surface area contributed by atoms with Gasteiger partial charge in [-0.2, -0.15) is 4.31 Å². The highest BCUT2D eigenvalue weighted by Gasteiger charge is 2.31.